The fourth-order valence-electron chi connectivity index (χ4n) is 3.93. The highest BCUT2D eigenvalue weighted by Gasteiger charge is 2.40. The smallest absolute Gasteiger partial charge is 0.283 e. The zero-order valence-corrected chi connectivity index (χ0v) is 22.9. The third kappa shape index (κ3) is 5.56. The highest BCUT2D eigenvalue weighted by molar-refractivity contribution is 8.04. The maximum absolute atomic E-state index is 13.7. The predicted molar refractivity (Wildman–Crippen MR) is 154 cm³/mol. The molecule has 0 saturated heterocycles. The van der Waals surface area contributed by atoms with Crippen LogP contribution in [-0.4, -0.2) is 31.9 Å². The number of carbonyl (C=O) groups excluding carboxylic acids is 3. The Bertz CT molecular complexity index is 1620. The molecule has 2 N–H and O–H groups in total. The van der Waals surface area contributed by atoms with E-state index in [2.05, 4.69) is 10.6 Å². The number of benzene rings is 3. The number of nitrogens with zero attached hydrogens (tertiary/aromatic N) is 1. The first kappa shape index (κ1) is 27.0. The third-order valence-corrected chi connectivity index (χ3v) is 7.79. The van der Waals surface area contributed by atoms with Crippen LogP contribution in [-0.2, 0) is 9.59 Å². The van der Waals surface area contributed by atoms with Gasteiger partial charge in [-0.2, -0.15) is 0 Å². The van der Waals surface area contributed by atoms with Crippen LogP contribution in [0.1, 0.15) is 9.67 Å². The van der Waals surface area contributed by atoms with Gasteiger partial charge in [0.05, 0.1) is 30.5 Å². The second kappa shape index (κ2) is 11.6. The van der Waals surface area contributed by atoms with Crippen LogP contribution in [0.4, 0.5) is 21.5 Å². The number of halogens is 1. The molecule has 0 unspecified atom stereocenters. The fraction of sp³-hybridized carbons (Fsp3) is 0.0690. The van der Waals surface area contributed by atoms with Crippen LogP contribution < -0.4 is 25.0 Å². The lowest BCUT2D eigenvalue weighted by atomic mass is 10.2. The molecule has 3 amide bonds. The first-order chi connectivity index (χ1) is 19.4. The second-order valence-corrected chi connectivity index (χ2v) is 10.4. The molecule has 5 rings (SSSR count). The van der Waals surface area contributed by atoms with Gasteiger partial charge in [-0.05, 0) is 66.0 Å². The monoisotopic (exact) mass is 575 g/mol. The van der Waals surface area contributed by atoms with Crippen molar-refractivity contribution in [3.05, 3.63) is 106 Å². The molecule has 202 valence electrons. The zero-order chi connectivity index (χ0) is 28.2. The number of hydrogen-bond acceptors (Lipinski definition) is 8. The van der Waals surface area contributed by atoms with Gasteiger partial charge in [-0.1, -0.05) is 23.9 Å². The van der Waals surface area contributed by atoms with Crippen molar-refractivity contribution >= 4 is 57.9 Å². The van der Waals surface area contributed by atoms with E-state index < -0.39 is 17.6 Å². The number of thioether (sulfide) groups is 1. The van der Waals surface area contributed by atoms with Crippen LogP contribution in [0.5, 0.6) is 11.5 Å². The van der Waals surface area contributed by atoms with E-state index in [1.807, 2.05) is 5.38 Å². The van der Waals surface area contributed by atoms with Crippen molar-refractivity contribution in [2.24, 2.45) is 0 Å². The number of ether oxygens (including phenoxy) is 2. The Labute approximate surface area is 237 Å². The molecule has 11 heteroatoms. The molecular weight excluding hydrogens is 553 g/mol. The summed E-state index contributed by atoms with van der Waals surface area (Å²) in [6.07, 6.45) is 0. The number of amides is 3. The predicted octanol–water partition coefficient (Wildman–Crippen LogP) is 6.15. The molecule has 4 aromatic rings. The Morgan fingerprint density at radius 3 is 2.42 bits per heavy atom. The van der Waals surface area contributed by atoms with Crippen molar-refractivity contribution in [3.63, 3.8) is 0 Å². The minimum atomic E-state index is -0.612. The summed E-state index contributed by atoms with van der Waals surface area (Å²) in [6.45, 7) is 0. The molecule has 1 aromatic heterocycles. The average molecular weight is 576 g/mol. The number of methoxy groups -OCH3 is 2. The summed E-state index contributed by atoms with van der Waals surface area (Å²) < 4.78 is 24.3. The van der Waals surface area contributed by atoms with Crippen molar-refractivity contribution in [1.82, 2.24) is 0 Å². The Balaban J connectivity index is 1.50. The summed E-state index contributed by atoms with van der Waals surface area (Å²) >= 11 is 2.39. The van der Waals surface area contributed by atoms with Crippen LogP contribution in [0.25, 0.3) is 0 Å². The zero-order valence-electron chi connectivity index (χ0n) is 21.3. The molecule has 1 aliphatic heterocycles. The third-order valence-electron chi connectivity index (χ3n) is 5.85. The van der Waals surface area contributed by atoms with Gasteiger partial charge in [0.2, 0.25) is 0 Å². The molecule has 40 heavy (non-hydrogen) atoms. The van der Waals surface area contributed by atoms with Gasteiger partial charge in [0.25, 0.3) is 17.7 Å². The second-order valence-electron chi connectivity index (χ2n) is 8.38. The standard InChI is InChI=1S/C29H22FN3O5S2/c1-37-20-12-13-22(23(16-20)38-2)32-25-26(29(36)33(28(25)35)19-10-8-17(30)9-11-19)40-21-6-3-5-18(15-21)31-27(34)24-7-4-14-39-24/h3-16,32H,1-2H3,(H,31,34). The summed E-state index contributed by atoms with van der Waals surface area (Å²) in [7, 11) is 3.00. The molecule has 0 radical (unpaired) electrons. The summed E-state index contributed by atoms with van der Waals surface area (Å²) in [5.74, 6) is -0.985. The Morgan fingerprint density at radius 1 is 0.925 bits per heavy atom. The maximum atomic E-state index is 13.7. The van der Waals surface area contributed by atoms with E-state index in [4.69, 9.17) is 9.47 Å². The van der Waals surface area contributed by atoms with Gasteiger partial charge >= 0.3 is 0 Å². The van der Waals surface area contributed by atoms with E-state index in [-0.39, 0.29) is 22.2 Å². The largest absolute Gasteiger partial charge is 0.497 e. The highest BCUT2D eigenvalue weighted by Crippen LogP contribution is 2.40. The van der Waals surface area contributed by atoms with E-state index in [1.165, 1.54) is 49.8 Å². The van der Waals surface area contributed by atoms with Crippen molar-refractivity contribution in [2.45, 2.75) is 4.90 Å². The SMILES string of the molecule is COc1ccc(NC2=C(Sc3cccc(NC(=O)c4cccs4)c3)C(=O)N(c3ccc(F)cc3)C2=O)c(OC)c1. The number of imide groups is 1. The van der Waals surface area contributed by atoms with Gasteiger partial charge in [-0.15, -0.1) is 11.3 Å². The van der Waals surface area contributed by atoms with Crippen LogP contribution in [0, 0.1) is 5.82 Å². The first-order valence-corrected chi connectivity index (χ1v) is 13.6. The number of rotatable bonds is 9. The van der Waals surface area contributed by atoms with Crippen molar-refractivity contribution in [3.8, 4) is 11.5 Å². The van der Waals surface area contributed by atoms with E-state index in [1.54, 1.807) is 54.6 Å². The molecule has 0 saturated carbocycles. The van der Waals surface area contributed by atoms with Gasteiger partial charge in [0.15, 0.2) is 0 Å². The lowest BCUT2D eigenvalue weighted by Gasteiger charge is -2.16. The Hall–Kier alpha value is -4.61. The van der Waals surface area contributed by atoms with Crippen molar-refractivity contribution in [2.75, 3.05) is 29.8 Å². The lowest BCUT2D eigenvalue weighted by molar-refractivity contribution is -0.120. The average Bonchev–Trinajstić information content (AvgIpc) is 3.58. The fourth-order valence-corrected chi connectivity index (χ4v) is 5.54. The summed E-state index contributed by atoms with van der Waals surface area (Å²) in [6, 6.07) is 20.6. The summed E-state index contributed by atoms with van der Waals surface area (Å²) in [4.78, 5) is 42.1. The lowest BCUT2D eigenvalue weighted by Crippen LogP contribution is -2.32. The molecule has 8 nitrogen and oxygen atoms in total. The Morgan fingerprint density at radius 2 is 1.73 bits per heavy atom. The van der Waals surface area contributed by atoms with Crippen LogP contribution >= 0.6 is 23.1 Å². The van der Waals surface area contributed by atoms with E-state index in [9.17, 15) is 18.8 Å². The minimum absolute atomic E-state index is 0.0239. The molecule has 0 atom stereocenters. The molecule has 0 aliphatic carbocycles. The van der Waals surface area contributed by atoms with Gasteiger partial charge in [-0.3, -0.25) is 14.4 Å². The van der Waals surface area contributed by atoms with Gasteiger partial charge in [0.1, 0.15) is 27.9 Å². The highest BCUT2D eigenvalue weighted by atomic mass is 32.2. The van der Waals surface area contributed by atoms with Crippen LogP contribution in [0.2, 0.25) is 0 Å². The molecule has 0 spiro atoms. The number of hydrogen-bond donors (Lipinski definition) is 2. The molecule has 0 fully saturated rings. The van der Waals surface area contributed by atoms with Crippen LogP contribution in [0.3, 0.4) is 0 Å². The van der Waals surface area contributed by atoms with E-state index in [0.29, 0.717) is 32.6 Å². The molecule has 3 aromatic carbocycles. The maximum Gasteiger partial charge on any atom is 0.283 e. The first-order valence-electron chi connectivity index (χ1n) is 11.9. The Kier molecular flexibility index (Phi) is 7.85. The quantitative estimate of drug-likeness (QED) is 0.231. The van der Waals surface area contributed by atoms with E-state index in [0.717, 1.165) is 16.7 Å². The topological polar surface area (TPSA) is 97.0 Å². The van der Waals surface area contributed by atoms with E-state index >= 15 is 0 Å². The molecule has 0 bridgehead atoms. The number of carbonyl (C=O) groups is 3. The molecule has 2 heterocycles. The number of nitrogens with one attached hydrogen (secondary N) is 2. The van der Waals surface area contributed by atoms with Gasteiger partial charge in [0, 0.05) is 16.6 Å². The number of anilines is 3. The minimum Gasteiger partial charge on any atom is -0.497 e. The molecule has 1 aliphatic rings. The summed E-state index contributed by atoms with van der Waals surface area (Å²) in [5, 5.41) is 7.72. The van der Waals surface area contributed by atoms with Crippen LogP contribution in [0.15, 0.2) is 99.7 Å². The van der Waals surface area contributed by atoms with Gasteiger partial charge in [-0.25, -0.2) is 9.29 Å². The number of thiophene rings is 1. The summed E-state index contributed by atoms with van der Waals surface area (Å²) in [5.41, 5.74) is 1.22. The van der Waals surface area contributed by atoms with Crippen molar-refractivity contribution in [1.29, 1.82) is 0 Å². The normalized spacial score (nSPS) is 13.0. The van der Waals surface area contributed by atoms with Crippen molar-refractivity contribution < 1.29 is 28.2 Å². The molecular formula is C29H22FN3O5S2. The van der Waals surface area contributed by atoms with Gasteiger partial charge < -0.3 is 20.1 Å².